The third kappa shape index (κ3) is 3.80. The molecule has 0 fully saturated rings. The molecule has 0 aromatic carbocycles. The highest BCUT2D eigenvalue weighted by molar-refractivity contribution is 7.09. The number of rotatable bonds is 7. The van der Waals surface area contributed by atoms with Crippen molar-refractivity contribution in [3.63, 3.8) is 0 Å². The van der Waals surface area contributed by atoms with Crippen LogP contribution >= 0.6 is 11.3 Å². The number of carbonyl (C=O) groups excluding carboxylic acids is 2. The van der Waals surface area contributed by atoms with Crippen molar-refractivity contribution >= 4 is 28.7 Å². The van der Waals surface area contributed by atoms with Gasteiger partial charge in [0.25, 0.3) is 0 Å². The molecule has 3 rings (SSSR count). The van der Waals surface area contributed by atoms with Crippen molar-refractivity contribution in [3.8, 4) is 5.88 Å². The maximum atomic E-state index is 12.6. The Morgan fingerprint density at radius 3 is 2.92 bits per heavy atom. The Hall–Kier alpha value is -2.45. The molecule has 0 saturated carbocycles. The SMILES string of the molecule is COCCOc1ccc2c(n1)C(=O)C(C(N)=O)CN2Cc1cccs1. The fraction of sp³-hybridized carbons (Fsp3) is 0.353. The minimum Gasteiger partial charge on any atom is -0.475 e. The van der Waals surface area contributed by atoms with Crippen molar-refractivity contribution in [1.29, 1.82) is 0 Å². The Labute approximate surface area is 149 Å². The fourth-order valence-corrected chi connectivity index (χ4v) is 3.43. The number of nitrogens with zero attached hydrogens (tertiary/aromatic N) is 2. The van der Waals surface area contributed by atoms with Gasteiger partial charge in [0.15, 0.2) is 5.78 Å². The van der Waals surface area contributed by atoms with Gasteiger partial charge in [-0.25, -0.2) is 4.98 Å². The monoisotopic (exact) mass is 361 g/mol. The molecule has 1 aliphatic rings. The third-order valence-electron chi connectivity index (χ3n) is 3.95. The van der Waals surface area contributed by atoms with E-state index in [1.807, 2.05) is 22.4 Å². The molecular formula is C17H19N3O4S. The van der Waals surface area contributed by atoms with Gasteiger partial charge < -0.3 is 20.1 Å². The van der Waals surface area contributed by atoms with E-state index in [-0.39, 0.29) is 18.0 Å². The van der Waals surface area contributed by atoms with Crippen molar-refractivity contribution in [2.24, 2.45) is 11.7 Å². The molecule has 2 N–H and O–H groups in total. The molecule has 3 heterocycles. The van der Waals surface area contributed by atoms with Crippen LogP contribution in [0.15, 0.2) is 29.6 Å². The summed E-state index contributed by atoms with van der Waals surface area (Å²) < 4.78 is 10.4. The van der Waals surface area contributed by atoms with E-state index >= 15 is 0 Å². The Bertz CT molecular complexity index is 763. The van der Waals surface area contributed by atoms with Crippen LogP contribution in [0.25, 0.3) is 0 Å². The summed E-state index contributed by atoms with van der Waals surface area (Å²) in [4.78, 5) is 31.7. The number of ketones is 1. The summed E-state index contributed by atoms with van der Waals surface area (Å²) in [5.74, 6) is -1.58. The Balaban J connectivity index is 1.91. The number of aromatic nitrogens is 1. The summed E-state index contributed by atoms with van der Waals surface area (Å²) in [6.07, 6.45) is 0. The lowest BCUT2D eigenvalue weighted by atomic mass is 9.94. The van der Waals surface area contributed by atoms with Crippen LogP contribution in [0.1, 0.15) is 15.4 Å². The highest BCUT2D eigenvalue weighted by atomic mass is 32.1. The lowest BCUT2D eigenvalue weighted by Crippen LogP contribution is -2.45. The second-order valence-corrected chi connectivity index (χ2v) is 6.67. The van der Waals surface area contributed by atoms with Crippen molar-refractivity contribution in [3.05, 3.63) is 40.2 Å². The molecule has 0 bridgehead atoms. The topological polar surface area (TPSA) is 94.7 Å². The summed E-state index contributed by atoms with van der Waals surface area (Å²) >= 11 is 1.62. The predicted octanol–water partition coefficient (Wildman–Crippen LogP) is 1.47. The van der Waals surface area contributed by atoms with Gasteiger partial charge in [-0.2, -0.15) is 0 Å². The Morgan fingerprint density at radius 2 is 2.24 bits per heavy atom. The summed E-state index contributed by atoms with van der Waals surface area (Å²) in [6.45, 7) is 1.59. The van der Waals surface area contributed by atoms with Gasteiger partial charge in [-0.05, 0) is 17.5 Å². The van der Waals surface area contributed by atoms with Gasteiger partial charge in [-0.1, -0.05) is 6.07 Å². The second-order valence-electron chi connectivity index (χ2n) is 5.64. The van der Waals surface area contributed by atoms with Crippen LogP contribution in [0, 0.1) is 5.92 Å². The summed E-state index contributed by atoms with van der Waals surface area (Å²) in [6, 6.07) is 7.49. The number of pyridine rings is 1. The molecule has 0 aliphatic carbocycles. The lowest BCUT2D eigenvalue weighted by molar-refractivity contribution is -0.120. The molecule has 2 aromatic heterocycles. The zero-order valence-corrected chi connectivity index (χ0v) is 14.6. The van der Waals surface area contributed by atoms with Gasteiger partial charge in [-0.15, -0.1) is 11.3 Å². The van der Waals surface area contributed by atoms with Gasteiger partial charge in [0.2, 0.25) is 11.8 Å². The zero-order chi connectivity index (χ0) is 17.8. The number of hydrogen-bond acceptors (Lipinski definition) is 7. The van der Waals surface area contributed by atoms with E-state index < -0.39 is 11.8 Å². The smallest absolute Gasteiger partial charge is 0.230 e. The molecule has 0 saturated heterocycles. The highest BCUT2D eigenvalue weighted by Crippen LogP contribution is 2.32. The molecule has 1 unspecified atom stereocenters. The molecule has 0 radical (unpaired) electrons. The highest BCUT2D eigenvalue weighted by Gasteiger charge is 2.37. The molecule has 1 amide bonds. The van der Waals surface area contributed by atoms with Crippen LogP contribution in [-0.4, -0.2) is 43.5 Å². The number of carbonyl (C=O) groups is 2. The van der Waals surface area contributed by atoms with E-state index in [2.05, 4.69) is 4.98 Å². The van der Waals surface area contributed by atoms with Gasteiger partial charge >= 0.3 is 0 Å². The molecule has 1 aliphatic heterocycles. The molecule has 0 spiro atoms. The van der Waals surface area contributed by atoms with Crippen molar-refractivity contribution in [1.82, 2.24) is 4.98 Å². The lowest BCUT2D eigenvalue weighted by Gasteiger charge is -2.33. The van der Waals surface area contributed by atoms with Gasteiger partial charge in [0.1, 0.15) is 18.2 Å². The summed E-state index contributed by atoms with van der Waals surface area (Å²) in [5.41, 5.74) is 6.34. The third-order valence-corrected chi connectivity index (χ3v) is 4.81. The van der Waals surface area contributed by atoms with E-state index in [1.54, 1.807) is 30.6 Å². The average Bonchev–Trinajstić information content (AvgIpc) is 3.10. The number of Topliss-reactive ketones (excluding diaryl/α,β-unsaturated/α-hetero) is 1. The summed E-state index contributed by atoms with van der Waals surface area (Å²) in [5, 5.41) is 1.99. The van der Waals surface area contributed by atoms with Gasteiger partial charge in [0, 0.05) is 24.6 Å². The van der Waals surface area contributed by atoms with Crippen molar-refractivity contribution in [2.75, 3.05) is 31.8 Å². The number of hydrogen-bond donors (Lipinski definition) is 1. The molecule has 7 nitrogen and oxygen atoms in total. The number of ether oxygens (including phenoxy) is 2. The number of methoxy groups -OCH3 is 1. The van der Waals surface area contributed by atoms with E-state index in [9.17, 15) is 9.59 Å². The van der Waals surface area contributed by atoms with Crippen molar-refractivity contribution < 1.29 is 19.1 Å². The molecular weight excluding hydrogens is 342 g/mol. The standard InChI is InChI=1S/C17H19N3O4S/c1-23-6-7-24-14-5-4-13-15(19-14)16(21)12(17(18)22)10-20(13)9-11-3-2-8-25-11/h2-5,8,12H,6-7,9-10H2,1H3,(H2,18,22). The first-order chi connectivity index (χ1) is 12.1. The fourth-order valence-electron chi connectivity index (χ4n) is 2.71. The van der Waals surface area contributed by atoms with Crippen LogP contribution in [0.3, 0.4) is 0 Å². The van der Waals surface area contributed by atoms with Gasteiger partial charge in [-0.3, -0.25) is 9.59 Å². The van der Waals surface area contributed by atoms with E-state index in [1.165, 1.54) is 0 Å². The minimum atomic E-state index is -0.908. The molecule has 8 heteroatoms. The zero-order valence-electron chi connectivity index (χ0n) is 13.8. The molecule has 2 aromatic rings. The van der Waals surface area contributed by atoms with Crippen LogP contribution in [-0.2, 0) is 16.1 Å². The molecule has 132 valence electrons. The minimum absolute atomic E-state index is 0.224. The van der Waals surface area contributed by atoms with Crippen LogP contribution in [0.2, 0.25) is 0 Å². The maximum Gasteiger partial charge on any atom is 0.230 e. The first-order valence-corrected chi connectivity index (χ1v) is 8.71. The number of amides is 1. The van der Waals surface area contributed by atoms with E-state index in [0.29, 0.717) is 31.3 Å². The number of primary amides is 1. The van der Waals surface area contributed by atoms with Gasteiger partial charge in [0.05, 0.1) is 18.8 Å². The Morgan fingerprint density at radius 1 is 1.40 bits per heavy atom. The average molecular weight is 361 g/mol. The number of fused-ring (bicyclic) bond motifs is 1. The largest absolute Gasteiger partial charge is 0.475 e. The molecule has 25 heavy (non-hydrogen) atoms. The quantitative estimate of drug-likeness (QED) is 0.593. The predicted molar refractivity (Wildman–Crippen MR) is 94.0 cm³/mol. The normalized spacial score (nSPS) is 16.6. The first kappa shape index (κ1) is 17.4. The van der Waals surface area contributed by atoms with Crippen molar-refractivity contribution in [2.45, 2.75) is 6.54 Å². The Kier molecular flexibility index (Phi) is 5.30. The van der Waals surface area contributed by atoms with Crippen LogP contribution < -0.4 is 15.4 Å². The number of anilines is 1. The number of thiophene rings is 1. The number of nitrogens with two attached hydrogens (primary N) is 1. The second kappa shape index (κ2) is 7.62. The molecule has 1 atom stereocenters. The summed E-state index contributed by atoms with van der Waals surface area (Å²) in [7, 11) is 1.58. The van der Waals surface area contributed by atoms with E-state index in [4.69, 9.17) is 15.2 Å². The van der Waals surface area contributed by atoms with Crippen LogP contribution in [0.4, 0.5) is 5.69 Å². The maximum absolute atomic E-state index is 12.6. The first-order valence-electron chi connectivity index (χ1n) is 7.83. The van der Waals surface area contributed by atoms with E-state index in [0.717, 1.165) is 4.88 Å². The van der Waals surface area contributed by atoms with Crippen LogP contribution in [0.5, 0.6) is 5.88 Å².